The molecule has 0 radical (unpaired) electrons. The lowest BCUT2D eigenvalue weighted by molar-refractivity contribution is -0.149. The van der Waals surface area contributed by atoms with Gasteiger partial charge in [0.2, 0.25) is 0 Å². The van der Waals surface area contributed by atoms with E-state index < -0.39 is 24.5 Å². The first-order valence-electron chi connectivity index (χ1n) is 7.55. The third-order valence-corrected chi connectivity index (χ3v) is 4.45. The topological polar surface area (TPSA) is 15.7 Å². The highest BCUT2D eigenvalue weighted by Crippen LogP contribution is 2.35. The zero-order chi connectivity index (χ0) is 18.7. The van der Waals surface area contributed by atoms with Gasteiger partial charge in [0.15, 0.2) is 0 Å². The number of rotatable bonds is 5. The number of alkyl halides is 6. The number of hydrogen-bond donors (Lipinski definition) is 0. The first kappa shape index (κ1) is 20.3. The fraction of sp³-hybridized carbons (Fsp3) is 0.600. The predicted octanol–water partition coefficient (Wildman–Crippen LogP) is 4.03. The molecule has 10 heteroatoms. The summed E-state index contributed by atoms with van der Waals surface area (Å²) in [6.07, 6.45) is -8.66. The zero-order valence-electron chi connectivity index (χ0n) is 13.1. The van der Waals surface area contributed by atoms with Gasteiger partial charge in [-0.15, -0.1) is 0 Å². The van der Waals surface area contributed by atoms with E-state index in [9.17, 15) is 26.3 Å². The van der Waals surface area contributed by atoms with E-state index in [1.54, 1.807) is 0 Å². The fourth-order valence-corrected chi connectivity index (χ4v) is 2.86. The van der Waals surface area contributed by atoms with Crippen molar-refractivity contribution in [3.05, 3.63) is 28.2 Å². The van der Waals surface area contributed by atoms with Crippen molar-refractivity contribution in [2.45, 2.75) is 12.4 Å². The molecule has 142 valence electrons. The van der Waals surface area contributed by atoms with Gasteiger partial charge in [-0.1, -0.05) is 0 Å². The second kappa shape index (κ2) is 8.13. The molecule has 0 aromatic heterocycles. The molecule has 1 aliphatic rings. The van der Waals surface area contributed by atoms with Gasteiger partial charge in [0.1, 0.15) is 12.4 Å². The molecule has 1 aromatic carbocycles. The Morgan fingerprint density at radius 2 is 1.56 bits per heavy atom. The molecule has 0 amide bonds. The van der Waals surface area contributed by atoms with Crippen molar-refractivity contribution in [2.75, 3.05) is 45.9 Å². The molecule has 0 spiro atoms. The molecule has 25 heavy (non-hydrogen) atoms. The van der Waals surface area contributed by atoms with Crippen LogP contribution in [0.1, 0.15) is 5.56 Å². The van der Waals surface area contributed by atoms with Crippen LogP contribution in [-0.2, 0) is 6.18 Å². The molecule has 1 aromatic rings. The van der Waals surface area contributed by atoms with Crippen molar-refractivity contribution in [1.29, 1.82) is 0 Å². The summed E-state index contributed by atoms with van der Waals surface area (Å²) >= 11 is 3.14. The minimum Gasteiger partial charge on any atom is -0.491 e. The van der Waals surface area contributed by atoms with Gasteiger partial charge in [-0.3, -0.25) is 9.80 Å². The van der Waals surface area contributed by atoms with Crippen LogP contribution in [0.15, 0.2) is 22.7 Å². The molecule has 1 saturated heterocycles. The Morgan fingerprint density at radius 1 is 0.960 bits per heavy atom. The van der Waals surface area contributed by atoms with E-state index in [1.165, 1.54) is 11.0 Å². The number of nitrogens with zero attached hydrogens (tertiary/aromatic N) is 2. The molecule has 1 heterocycles. The molecule has 1 aliphatic heterocycles. The van der Waals surface area contributed by atoms with E-state index in [0.29, 0.717) is 37.2 Å². The summed E-state index contributed by atoms with van der Waals surface area (Å²) in [5.41, 5.74) is -0.800. The summed E-state index contributed by atoms with van der Waals surface area (Å²) in [6.45, 7) is 1.18. The van der Waals surface area contributed by atoms with Crippen LogP contribution in [0, 0.1) is 0 Å². The lowest BCUT2D eigenvalue weighted by Crippen LogP contribution is -2.49. The smallest absolute Gasteiger partial charge is 0.416 e. The molecule has 3 nitrogen and oxygen atoms in total. The highest BCUT2D eigenvalue weighted by Gasteiger charge is 2.32. The van der Waals surface area contributed by atoms with Crippen molar-refractivity contribution in [3.8, 4) is 5.75 Å². The summed E-state index contributed by atoms with van der Waals surface area (Å²) in [7, 11) is 0. The molecule has 0 N–H and O–H groups in total. The van der Waals surface area contributed by atoms with Crippen molar-refractivity contribution in [2.24, 2.45) is 0 Å². The van der Waals surface area contributed by atoms with Crippen LogP contribution in [0.25, 0.3) is 0 Å². The predicted molar refractivity (Wildman–Crippen MR) is 83.6 cm³/mol. The van der Waals surface area contributed by atoms with E-state index in [2.05, 4.69) is 15.9 Å². The van der Waals surface area contributed by atoms with Gasteiger partial charge >= 0.3 is 12.4 Å². The lowest BCUT2D eigenvalue weighted by atomic mass is 10.2. The fourth-order valence-electron chi connectivity index (χ4n) is 2.50. The maximum Gasteiger partial charge on any atom is 0.416 e. The van der Waals surface area contributed by atoms with E-state index in [-0.39, 0.29) is 12.4 Å². The van der Waals surface area contributed by atoms with Crippen LogP contribution in [0.2, 0.25) is 0 Å². The maximum atomic E-state index is 12.7. The highest BCUT2D eigenvalue weighted by atomic mass is 79.9. The SMILES string of the molecule is FC(F)(F)CN1CCN(CCOc2cc(C(F)(F)F)ccc2Br)CC1. The third kappa shape index (κ3) is 6.67. The van der Waals surface area contributed by atoms with Gasteiger partial charge in [0.25, 0.3) is 0 Å². The largest absolute Gasteiger partial charge is 0.491 e. The van der Waals surface area contributed by atoms with Crippen molar-refractivity contribution in [1.82, 2.24) is 9.80 Å². The number of benzene rings is 1. The Balaban J connectivity index is 1.79. The second-order valence-electron chi connectivity index (χ2n) is 5.72. The zero-order valence-corrected chi connectivity index (χ0v) is 14.7. The average molecular weight is 435 g/mol. The Labute approximate surface area is 149 Å². The van der Waals surface area contributed by atoms with Crippen molar-refractivity contribution >= 4 is 15.9 Å². The number of ether oxygens (including phenoxy) is 1. The molecule has 0 bridgehead atoms. The molecule has 0 aliphatic carbocycles. The number of piperazine rings is 1. The third-order valence-electron chi connectivity index (χ3n) is 3.79. The normalized spacial score (nSPS) is 17.7. The van der Waals surface area contributed by atoms with Crippen LogP contribution in [0.4, 0.5) is 26.3 Å². The van der Waals surface area contributed by atoms with Crippen molar-refractivity contribution in [3.63, 3.8) is 0 Å². The van der Waals surface area contributed by atoms with Gasteiger partial charge < -0.3 is 4.74 Å². The minimum atomic E-state index is -4.45. The Morgan fingerprint density at radius 3 is 2.12 bits per heavy atom. The lowest BCUT2D eigenvalue weighted by Gasteiger charge is -2.34. The van der Waals surface area contributed by atoms with E-state index >= 15 is 0 Å². The molecule has 0 unspecified atom stereocenters. The summed E-state index contributed by atoms with van der Waals surface area (Å²) in [5.74, 6) is 0.0885. The van der Waals surface area contributed by atoms with Gasteiger partial charge in [0.05, 0.1) is 16.6 Å². The van der Waals surface area contributed by atoms with E-state index in [1.807, 2.05) is 4.90 Å². The Kier molecular flexibility index (Phi) is 6.61. The molecule has 2 rings (SSSR count). The quantitative estimate of drug-likeness (QED) is 0.650. The maximum absolute atomic E-state index is 12.7. The van der Waals surface area contributed by atoms with Gasteiger partial charge in [0, 0.05) is 32.7 Å². The van der Waals surface area contributed by atoms with Crippen LogP contribution >= 0.6 is 15.9 Å². The van der Waals surface area contributed by atoms with Crippen LogP contribution in [-0.4, -0.2) is 61.9 Å². The monoisotopic (exact) mass is 434 g/mol. The Bertz CT molecular complexity index is 570. The van der Waals surface area contributed by atoms with Crippen LogP contribution in [0.3, 0.4) is 0 Å². The average Bonchev–Trinajstić information content (AvgIpc) is 2.48. The first-order chi connectivity index (χ1) is 11.5. The summed E-state index contributed by atoms with van der Waals surface area (Å²) < 4.78 is 80.9. The highest BCUT2D eigenvalue weighted by molar-refractivity contribution is 9.10. The molecular formula is C15H17BrF6N2O. The van der Waals surface area contributed by atoms with Crippen molar-refractivity contribution < 1.29 is 31.1 Å². The summed E-state index contributed by atoms with van der Waals surface area (Å²) in [5, 5.41) is 0. The van der Waals surface area contributed by atoms with Gasteiger partial charge in [-0.05, 0) is 34.1 Å². The van der Waals surface area contributed by atoms with Crippen LogP contribution in [0.5, 0.6) is 5.75 Å². The number of hydrogen-bond acceptors (Lipinski definition) is 3. The Hall–Kier alpha value is -1.00. The molecule has 0 atom stereocenters. The standard InChI is InChI=1S/C15H17BrF6N2O/c16-12-2-1-11(15(20,21)22)9-13(12)25-8-7-23-3-5-24(6-4-23)10-14(17,18)19/h1-2,9H,3-8,10H2. The second-order valence-corrected chi connectivity index (χ2v) is 6.58. The molecule has 0 saturated carbocycles. The van der Waals surface area contributed by atoms with Gasteiger partial charge in [-0.2, -0.15) is 26.3 Å². The molecule has 1 fully saturated rings. The van der Waals surface area contributed by atoms with Gasteiger partial charge in [-0.25, -0.2) is 0 Å². The van der Waals surface area contributed by atoms with Crippen LogP contribution < -0.4 is 4.74 Å². The summed E-state index contributed by atoms with van der Waals surface area (Å²) in [6, 6.07) is 3.15. The van der Waals surface area contributed by atoms with E-state index in [4.69, 9.17) is 4.74 Å². The minimum absolute atomic E-state index is 0.0885. The number of halogens is 7. The molecular weight excluding hydrogens is 418 g/mol. The first-order valence-corrected chi connectivity index (χ1v) is 8.35. The van der Waals surface area contributed by atoms with E-state index in [0.717, 1.165) is 12.1 Å². The summed E-state index contributed by atoms with van der Waals surface area (Å²) in [4.78, 5) is 3.26.